The monoisotopic (exact) mass is 229 g/mol. The van der Waals surface area contributed by atoms with E-state index in [4.69, 9.17) is 0 Å². The maximum atomic E-state index is 9.82. The van der Waals surface area contributed by atoms with Gasteiger partial charge in [-0.05, 0) is 30.2 Å². The average molecular weight is 229 g/mol. The summed E-state index contributed by atoms with van der Waals surface area (Å²) in [6.45, 7) is 1.57. The first-order valence-corrected chi connectivity index (χ1v) is 5.92. The SMILES string of the molecule is O[C@@H]1CNC[C@@H]1Cc1ccnc2cccnc12. The van der Waals surface area contributed by atoms with Crippen LogP contribution in [0.25, 0.3) is 11.0 Å². The molecule has 2 N–H and O–H groups in total. The number of nitrogens with zero attached hydrogens (tertiary/aromatic N) is 2. The Bertz CT molecular complexity index is 524. The van der Waals surface area contributed by atoms with Crippen molar-refractivity contribution in [2.75, 3.05) is 13.1 Å². The Labute approximate surface area is 99.7 Å². The fraction of sp³-hybridized carbons (Fsp3) is 0.385. The fourth-order valence-corrected chi connectivity index (χ4v) is 2.41. The van der Waals surface area contributed by atoms with Crippen molar-refractivity contribution in [2.45, 2.75) is 12.5 Å². The van der Waals surface area contributed by atoms with Gasteiger partial charge in [0, 0.05) is 31.4 Å². The van der Waals surface area contributed by atoms with E-state index in [0.29, 0.717) is 6.54 Å². The highest BCUT2D eigenvalue weighted by molar-refractivity contribution is 5.77. The van der Waals surface area contributed by atoms with Crippen LogP contribution in [0.15, 0.2) is 30.6 Å². The summed E-state index contributed by atoms with van der Waals surface area (Å²) in [7, 11) is 0. The Kier molecular flexibility index (Phi) is 2.74. The lowest BCUT2D eigenvalue weighted by atomic mass is 9.96. The summed E-state index contributed by atoms with van der Waals surface area (Å²) in [5.41, 5.74) is 3.04. The van der Waals surface area contributed by atoms with Gasteiger partial charge in [0.15, 0.2) is 0 Å². The molecule has 1 fully saturated rings. The van der Waals surface area contributed by atoms with Crippen LogP contribution in [0.4, 0.5) is 0 Å². The van der Waals surface area contributed by atoms with E-state index in [9.17, 15) is 5.11 Å². The van der Waals surface area contributed by atoms with Crippen LogP contribution in [-0.2, 0) is 6.42 Å². The summed E-state index contributed by atoms with van der Waals surface area (Å²) < 4.78 is 0. The molecule has 0 amide bonds. The van der Waals surface area contributed by atoms with E-state index < -0.39 is 0 Å². The number of fused-ring (bicyclic) bond motifs is 1. The first kappa shape index (κ1) is 10.6. The second kappa shape index (κ2) is 4.39. The average Bonchev–Trinajstić information content (AvgIpc) is 2.76. The zero-order chi connectivity index (χ0) is 11.7. The minimum Gasteiger partial charge on any atom is -0.391 e. The first-order valence-electron chi connectivity index (χ1n) is 5.92. The quantitative estimate of drug-likeness (QED) is 0.798. The Morgan fingerprint density at radius 1 is 1.24 bits per heavy atom. The molecule has 3 heterocycles. The predicted octanol–water partition coefficient (Wildman–Crippen LogP) is 0.753. The van der Waals surface area contributed by atoms with Crippen molar-refractivity contribution in [1.29, 1.82) is 0 Å². The lowest BCUT2D eigenvalue weighted by Crippen LogP contribution is -2.20. The summed E-state index contributed by atoms with van der Waals surface area (Å²) in [5, 5.41) is 13.0. The van der Waals surface area contributed by atoms with Gasteiger partial charge in [-0.2, -0.15) is 0 Å². The van der Waals surface area contributed by atoms with Crippen molar-refractivity contribution in [2.24, 2.45) is 5.92 Å². The van der Waals surface area contributed by atoms with E-state index >= 15 is 0 Å². The predicted molar refractivity (Wildman–Crippen MR) is 65.6 cm³/mol. The van der Waals surface area contributed by atoms with Gasteiger partial charge in [0.2, 0.25) is 0 Å². The minimum atomic E-state index is -0.248. The van der Waals surface area contributed by atoms with Gasteiger partial charge in [0.05, 0.1) is 17.1 Å². The van der Waals surface area contributed by atoms with Crippen LogP contribution in [-0.4, -0.2) is 34.3 Å². The third kappa shape index (κ3) is 2.01. The maximum Gasteiger partial charge on any atom is 0.0918 e. The summed E-state index contributed by atoms with van der Waals surface area (Å²) in [4.78, 5) is 8.68. The maximum absolute atomic E-state index is 9.82. The molecule has 4 nitrogen and oxygen atoms in total. The van der Waals surface area contributed by atoms with Gasteiger partial charge in [-0.25, -0.2) is 0 Å². The van der Waals surface area contributed by atoms with Crippen LogP contribution in [0, 0.1) is 5.92 Å². The largest absolute Gasteiger partial charge is 0.391 e. The highest BCUT2D eigenvalue weighted by Crippen LogP contribution is 2.20. The molecule has 0 aromatic carbocycles. The molecule has 1 aliphatic heterocycles. The Balaban J connectivity index is 1.94. The molecule has 2 atom stereocenters. The molecule has 0 radical (unpaired) electrons. The molecule has 0 aliphatic carbocycles. The minimum absolute atomic E-state index is 0.248. The van der Waals surface area contributed by atoms with Crippen LogP contribution in [0.2, 0.25) is 0 Å². The Morgan fingerprint density at radius 3 is 3.00 bits per heavy atom. The van der Waals surface area contributed by atoms with E-state index in [0.717, 1.165) is 24.0 Å². The van der Waals surface area contributed by atoms with Gasteiger partial charge in [0.25, 0.3) is 0 Å². The molecule has 17 heavy (non-hydrogen) atoms. The standard InChI is InChI=1S/C13H15N3O/c17-12-8-14-7-10(12)6-9-3-5-15-11-2-1-4-16-13(9)11/h1-5,10,12,14,17H,6-8H2/t10-,12+/m0/s1. The zero-order valence-corrected chi connectivity index (χ0v) is 9.50. The third-order valence-electron chi connectivity index (χ3n) is 3.37. The number of pyridine rings is 2. The normalized spacial score (nSPS) is 24.3. The number of aliphatic hydroxyl groups excluding tert-OH is 1. The molecular formula is C13H15N3O. The number of nitrogens with one attached hydrogen (secondary N) is 1. The number of rotatable bonds is 2. The van der Waals surface area contributed by atoms with E-state index in [1.54, 1.807) is 6.20 Å². The van der Waals surface area contributed by atoms with Crippen LogP contribution in [0.1, 0.15) is 5.56 Å². The summed E-state index contributed by atoms with van der Waals surface area (Å²) >= 11 is 0. The summed E-state index contributed by atoms with van der Waals surface area (Å²) in [6.07, 6.45) is 4.21. The lowest BCUT2D eigenvalue weighted by Gasteiger charge is -2.13. The van der Waals surface area contributed by atoms with E-state index in [2.05, 4.69) is 15.3 Å². The van der Waals surface area contributed by atoms with Gasteiger partial charge >= 0.3 is 0 Å². The summed E-state index contributed by atoms with van der Waals surface area (Å²) in [5.74, 6) is 0.280. The zero-order valence-electron chi connectivity index (χ0n) is 9.50. The van der Waals surface area contributed by atoms with E-state index in [1.165, 1.54) is 5.56 Å². The highest BCUT2D eigenvalue weighted by Gasteiger charge is 2.25. The molecule has 0 unspecified atom stereocenters. The van der Waals surface area contributed by atoms with E-state index in [-0.39, 0.29) is 12.0 Å². The molecule has 1 saturated heterocycles. The molecule has 0 spiro atoms. The first-order chi connectivity index (χ1) is 8.34. The smallest absolute Gasteiger partial charge is 0.0918 e. The van der Waals surface area contributed by atoms with Gasteiger partial charge in [-0.15, -0.1) is 0 Å². The van der Waals surface area contributed by atoms with Gasteiger partial charge < -0.3 is 10.4 Å². The summed E-state index contributed by atoms with van der Waals surface area (Å²) in [6, 6.07) is 5.86. The topological polar surface area (TPSA) is 58.0 Å². The van der Waals surface area contributed by atoms with Crippen LogP contribution in [0.5, 0.6) is 0 Å². The number of hydrogen-bond donors (Lipinski definition) is 2. The molecule has 1 aliphatic rings. The fourth-order valence-electron chi connectivity index (χ4n) is 2.41. The van der Waals surface area contributed by atoms with Crippen LogP contribution >= 0.6 is 0 Å². The molecule has 4 heteroatoms. The van der Waals surface area contributed by atoms with Crippen molar-refractivity contribution < 1.29 is 5.11 Å². The molecule has 88 valence electrons. The van der Waals surface area contributed by atoms with Gasteiger partial charge in [-0.1, -0.05) is 0 Å². The van der Waals surface area contributed by atoms with Gasteiger partial charge in [-0.3, -0.25) is 9.97 Å². The second-order valence-corrected chi connectivity index (χ2v) is 4.53. The van der Waals surface area contributed by atoms with Crippen molar-refractivity contribution in [1.82, 2.24) is 15.3 Å². The second-order valence-electron chi connectivity index (χ2n) is 4.53. The molecule has 3 rings (SSSR count). The van der Waals surface area contributed by atoms with Gasteiger partial charge in [0.1, 0.15) is 0 Å². The number of hydrogen-bond acceptors (Lipinski definition) is 4. The lowest BCUT2D eigenvalue weighted by molar-refractivity contribution is 0.148. The van der Waals surface area contributed by atoms with Crippen molar-refractivity contribution in [3.05, 3.63) is 36.2 Å². The van der Waals surface area contributed by atoms with Crippen molar-refractivity contribution in [3.63, 3.8) is 0 Å². The highest BCUT2D eigenvalue weighted by atomic mass is 16.3. The molecular weight excluding hydrogens is 214 g/mol. The number of aliphatic hydroxyl groups is 1. The molecule has 0 saturated carbocycles. The van der Waals surface area contributed by atoms with Crippen molar-refractivity contribution in [3.8, 4) is 0 Å². The molecule has 2 aromatic rings. The molecule has 0 bridgehead atoms. The third-order valence-corrected chi connectivity index (χ3v) is 3.37. The van der Waals surface area contributed by atoms with Crippen molar-refractivity contribution >= 4 is 11.0 Å². The molecule has 2 aromatic heterocycles. The van der Waals surface area contributed by atoms with Crippen LogP contribution < -0.4 is 5.32 Å². The Morgan fingerprint density at radius 2 is 2.18 bits per heavy atom. The Hall–Kier alpha value is -1.52. The van der Waals surface area contributed by atoms with E-state index in [1.807, 2.05) is 24.4 Å². The number of β-amino-alcohol motifs (C(OH)–C–C–N with tert-alkyl or cyclic N) is 1. The number of aromatic nitrogens is 2. The van der Waals surface area contributed by atoms with Crippen LogP contribution in [0.3, 0.4) is 0 Å².